The van der Waals surface area contributed by atoms with Gasteiger partial charge in [0.2, 0.25) is 10.0 Å². The van der Waals surface area contributed by atoms with Gasteiger partial charge in [-0.25, -0.2) is 18.4 Å². The molecule has 0 amide bonds. The molecule has 2 N–H and O–H groups in total. The zero-order valence-corrected chi connectivity index (χ0v) is 20.1. The van der Waals surface area contributed by atoms with Crippen LogP contribution in [0.15, 0.2) is 40.8 Å². The molecule has 0 bridgehead atoms. The quantitative estimate of drug-likeness (QED) is 0.664. The Labute approximate surface area is 196 Å². The fourth-order valence-electron chi connectivity index (χ4n) is 7.73. The summed E-state index contributed by atoms with van der Waals surface area (Å²) < 4.78 is 29.4. The molecule has 1 aromatic rings. The van der Waals surface area contributed by atoms with Crippen LogP contribution in [0.4, 0.5) is 0 Å². The summed E-state index contributed by atoms with van der Waals surface area (Å²) in [5, 5.41) is 5.22. The van der Waals surface area contributed by atoms with Crippen LogP contribution in [-0.2, 0) is 19.6 Å². The van der Waals surface area contributed by atoms with Crippen molar-refractivity contribution in [3.63, 3.8) is 0 Å². The number of carbonyl (C=O) groups excluding carboxylic acids is 2. The second-order valence-electron chi connectivity index (χ2n) is 10.9. The molecule has 7 heteroatoms. The molecule has 0 aromatic heterocycles. The Kier molecular flexibility index (Phi) is 5.56. The summed E-state index contributed by atoms with van der Waals surface area (Å²) in [6, 6.07) is 5.77. The Morgan fingerprint density at radius 3 is 2.73 bits per heavy atom. The maximum Gasteiger partial charge on any atom is 0.338 e. The van der Waals surface area contributed by atoms with E-state index in [1.165, 1.54) is 23.8 Å². The van der Waals surface area contributed by atoms with Gasteiger partial charge in [0, 0.05) is 11.8 Å². The summed E-state index contributed by atoms with van der Waals surface area (Å²) in [5.74, 6) is 2.57. The average Bonchev–Trinajstić information content (AvgIpc) is 3.09. The van der Waals surface area contributed by atoms with Gasteiger partial charge in [-0.2, -0.15) is 0 Å². The molecule has 3 fully saturated rings. The summed E-state index contributed by atoms with van der Waals surface area (Å²) in [7, 11) is -3.88. The minimum Gasteiger partial charge on any atom is -0.458 e. The van der Waals surface area contributed by atoms with E-state index >= 15 is 0 Å². The monoisotopic (exact) mass is 471 g/mol. The van der Waals surface area contributed by atoms with Crippen LogP contribution in [0.1, 0.15) is 69.2 Å². The average molecular weight is 472 g/mol. The van der Waals surface area contributed by atoms with Crippen molar-refractivity contribution in [2.75, 3.05) is 0 Å². The van der Waals surface area contributed by atoms with E-state index in [0.29, 0.717) is 36.0 Å². The third-order valence-electron chi connectivity index (χ3n) is 9.20. The molecule has 0 saturated heterocycles. The summed E-state index contributed by atoms with van der Waals surface area (Å²) in [6.45, 7) is 4.61. The summed E-state index contributed by atoms with van der Waals surface area (Å²) >= 11 is 0. The SMILES string of the molecule is C[C@@H]1CC2=CC(=O)CCC2C2CC[C@@]3(C)C(CC[C@@H]3OC(=O)c3cccc(S(N)(=O)=O)c3)C21. The predicted molar refractivity (Wildman–Crippen MR) is 124 cm³/mol. The van der Waals surface area contributed by atoms with E-state index < -0.39 is 16.0 Å². The van der Waals surface area contributed by atoms with Crippen LogP contribution in [0.25, 0.3) is 0 Å². The Bertz CT molecular complexity index is 1130. The molecule has 4 unspecified atom stereocenters. The van der Waals surface area contributed by atoms with Gasteiger partial charge in [-0.3, -0.25) is 4.79 Å². The van der Waals surface area contributed by atoms with Crippen LogP contribution in [0, 0.1) is 35.0 Å². The van der Waals surface area contributed by atoms with E-state index in [1.807, 2.05) is 6.08 Å². The summed E-state index contributed by atoms with van der Waals surface area (Å²) in [5.41, 5.74) is 1.52. The highest BCUT2D eigenvalue weighted by Gasteiger charge is 2.59. The second kappa shape index (κ2) is 8.05. The fourth-order valence-corrected chi connectivity index (χ4v) is 8.29. The number of primary sulfonamides is 1. The molecule has 7 atom stereocenters. The minimum absolute atomic E-state index is 0.0751. The van der Waals surface area contributed by atoms with Crippen molar-refractivity contribution in [1.29, 1.82) is 0 Å². The number of carbonyl (C=O) groups is 2. The summed E-state index contributed by atoms with van der Waals surface area (Å²) in [6.07, 6.45) is 8.42. The van der Waals surface area contributed by atoms with E-state index in [4.69, 9.17) is 9.88 Å². The number of hydrogen-bond acceptors (Lipinski definition) is 5. The number of esters is 1. The number of fused-ring (bicyclic) bond motifs is 5. The number of nitrogens with two attached hydrogens (primary N) is 1. The Hall–Kier alpha value is -1.99. The minimum atomic E-state index is -3.88. The van der Waals surface area contributed by atoms with Crippen molar-refractivity contribution in [2.24, 2.45) is 40.1 Å². The molecule has 0 radical (unpaired) electrons. The second-order valence-corrected chi connectivity index (χ2v) is 12.5. The zero-order valence-electron chi connectivity index (χ0n) is 19.3. The molecule has 4 aliphatic carbocycles. The lowest BCUT2D eigenvalue weighted by atomic mass is 9.49. The number of ether oxygens (including phenoxy) is 1. The lowest BCUT2D eigenvalue weighted by molar-refractivity contribution is -0.116. The van der Waals surface area contributed by atoms with E-state index in [-0.39, 0.29) is 27.8 Å². The molecular formula is C26H33NO5S. The van der Waals surface area contributed by atoms with Gasteiger partial charge in [-0.1, -0.05) is 25.5 Å². The number of allylic oxidation sites excluding steroid dienone is 1. The van der Waals surface area contributed by atoms with Crippen LogP contribution >= 0.6 is 0 Å². The van der Waals surface area contributed by atoms with Crippen molar-refractivity contribution < 1.29 is 22.7 Å². The number of hydrogen-bond donors (Lipinski definition) is 1. The summed E-state index contributed by atoms with van der Waals surface area (Å²) in [4.78, 5) is 24.9. The number of benzene rings is 1. The standard InChI is InChI=1S/C26H33NO5S/c1-15-12-17-13-18(28)6-7-20(17)21-10-11-26(2)22(24(15)21)8-9-23(26)32-25(29)16-4-3-5-19(14-16)33(27,30)31/h3-5,13-15,20-24H,6-12H2,1-2H3,(H2,27,30,31)/t15-,20?,21?,22?,23+,24?,26+/m1/s1. The Balaban J connectivity index is 1.36. The van der Waals surface area contributed by atoms with Crippen molar-refractivity contribution in [2.45, 2.75) is 69.8 Å². The number of rotatable bonds is 3. The predicted octanol–water partition coefficient (Wildman–Crippen LogP) is 4.25. The highest BCUT2D eigenvalue weighted by Crippen LogP contribution is 2.63. The first-order valence-electron chi connectivity index (χ1n) is 12.1. The fraction of sp³-hybridized carbons (Fsp3) is 0.615. The molecule has 0 spiro atoms. The normalized spacial score (nSPS) is 38.0. The van der Waals surface area contributed by atoms with Crippen LogP contribution in [0.3, 0.4) is 0 Å². The van der Waals surface area contributed by atoms with Gasteiger partial charge >= 0.3 is 5.97 Å². The largest absolute Gasteiger partial charge is 0.458 e. The molecule has 3 saturated carbocycles. The first-order chi connectivity index (χ1) is 15.6. The van der Waals surface area contributed by atoms with Crippen LogP contribution in [0.2, 0.25) is 0 Å². The Morgan fingerprint density at radius 1 is 1.18 bits per heavy atom. The van der Waals surface area contributed by atoms with E-state index in [9.17, 15) is 18.0 Å². The van der Waals surface area contributed by atoms with Crippen molar-refractivity contribution >= 4 is 21.8 Å². The maximum absolute atomic E-state index is 13.0. The third kappa shape index (κ3) is 3.87. The maximum atomic E-state index is 13.0. The molecule has 0 aliphatic heterocycles. The molecule has 6 nitrogen and oxygen atoms in total. The first kappa shape index (κ1) is 22.8. The molecular weight excluding hydrogens is 438 g/mol. The van der Waals surface area contributed by atoms with Gasteiger partial charge in [0.05, 0.1) is 10.5 Å². The van der Waals surface area contributed by atoms with E-state index in [0.717, 1.165) is 38.5 Å². The molecule has 178 valence electrons. The van der Waals surface area contributed by atoms with Crippen LogP contribution in [0.5, 0.6) is 0 Å². The van der Waals surface area contributed by atoms with E-state index in [2.05, 4.69) is 13.8 Å². The van der Waals surface area contributed by atoms with Crippen LogP contribution in [-0.4, -0.2) is 26.3 Å². The topological polar surface area (TPSA) is 104 Å². The highest BCUT2D eigenvalue weighted by molar-refractivity contribution is 7.89. The van der Waals surface area contributed by atoms with Crippen molar-refractivity contribution in [3.05, 3.63) is 41.5 Å². The molecule has 33 heavy (non-hydrogen) atoms. The van der Waals surface area contributed by atoms with Crippen LogP contribution < -0.4 is 5.14 Å². The smallest absolute Gasteiger partial charge is 0.338 e. The lowest BCUT2D eigenvalue weighted by Gasteiger charge is -2.55. The number of ketones is 1. The van der Waals surface area contributed by atoms with Gasteiger partial charge < -0.3 is 4.74 Å². The number of sulfonamides is 1. The molecule has 0 heterocycles. The zero-order chi connectivity index (χ0) is 23.5. The van der Waals surface area contributed by atoms with Crippen molar-refractivity contribution in [3.8, 4) is 0 Å². The van der Waals surface area contributed by atoms with Gasteiger partial charge in [0.1, 0.15) is 6.10 Å². The third-order valence-corrected chi connectivity index (χ3v) is 10.1. The molecule has 5 rings (SSSR count). The van der Waals surface area contributed by atoms with Gasteiger partial charge in [-0.15, -0.1) is 0 Å². The molecule has 4 aliphatic rings. The molecule has 1 aromatic carbocycles. The van der Waals surface area contributed by atoms with E-state index in [1.54, 1.807) is 6.07 Å². The Morgan fingerprint density at radius 2 is 1.97 bits per heavy atom. The highest BCUT2D eigenvalue weighted by atomic mass is 32.2. The lowest BCUT2D eigenvalue weighted by Crippen LogP contribution is -2.50. The van der Waals surface area contributed by atoms with Gasteiger partial charge in [0.15, 0.2) is 5.78 Å². The van der Waals surface area contributed by atoms with Gasteiger partial charge in [-0.05, 0) is 92.4 Å². The van der Waals surface area contributed by atoms with Crippen molar-refractivity contribution in [1.82, 2.24) is 0 Å². The van der Waals surface area contributed by atoms with Gasteiger partial charge in [0.25, 0.3) is 0 Å². The first-order valence-corrected chi connectivity index (χ1v) is 13.7.